The van der Waals surface area contributed by atoms with Crippen molar-refractivity contribution in [2.75, 3.05) is 6.61 Å². The predicted octanol–water partition coefficient (Wildman–Crippen LogP) is 5.22. The Morgan fingerprint density at radius 3 is 2.64 bits per heavy atom. The molecule has 0 spiro atoms. The Morgan fingerprint density at radius 1 is 1.00 bits per heavy atom. The second-order valence-electron chi connectivity index (χ2n) is 6.16. The van der Waals surface area contributed by atoms with E-state index < -0.39 is 0 Å². The molecular formula is C21H18O4. The van der Waals surface area contributed by atoms with Crippen molar-refractivity contribution < 1.29 is 13.6 Å². The van der Waals surface area contributed by atoms with Crippen LogP contribution >= 0.6 is 0 Å². The summed E-state index contributed by atoms with van der Waals surface area (Å²) in [6.07, 6.45) is 0. The molecule has 0 radical (unpaired) electrons. The van der Waals surface area contributed by atoms with E-state index in [1.807, 2.05) is 57.2 Å². The number of furan rings is 1. The third kappa shape index (κ3) is 2.60. The van der Waals surface area contributed by atoms with Gasteiger partial charge in [0.25, 0.3) is 0 Å². The van der Waals surface area contributed by atoms with E-state index in [0.29, 0.717) is 29.3 Å². The highest BCUT2D eigenvalue weighted by atomic mass is 16.5. The van der Waals surface area contributed by atoms with Gasteiger partial charge in [-0.1, -0.05) is 18.2 Å². The zero-order valence-electron chi connectivity index (χ0n) is 14.4. The molecule has 0 saturated carbocycles. The number of aryl methyl sites for hydroxylation is 2. The minimum atomic E-state index is -0.389. The lowest BCUT2D eigenvalue weighted by Gasteiger charge is -2.06. The SMILES string of the molecule is CCOc1cccc2cc(-c3cc(=O)oc4c(C)cc(C)cc34)oc12. The van der Waals surface area contributed by atoms with Crippen LogP contribution in [0.1, 0.15) is 18.1 Å². The van der Waals surface area contributed by atoms with Crippen molar-refractivity contribution in [2.24, 2.45) is 0 Å². The summed E-state index contributed by atoms with van der Waals surface area (Å²) in [5, 5.41) is 1.81. The van der Waals surface area contributed by atoms with E-state index in [1.54, 1.807) is 0 Å². The minimum Gasteiger partial charge on any atom is -0.490 e. The quantitative estimate of drug-likeness (QED) is 0.482. The van der Waals surface area contributed by atoms with Gasteiger partial charge in [0.1, 0.15) is 11.3 Å². The third-order valence-corrected chi connectivity index (χ3v) is 4.25. The molecule has 4 heteroatoms. The number of ether oxygens (including phenoxy) is 1. The Hall–Kier alpha value is -3.01. The van der Waals surface area contributed by atoms with Gasteiger partial charge in [-0.2, -0.15) is 0 Å². The van der Waals surface area contributed by atoms with Gasteiger partial charge >= 0.3 is 5.63 Å². The van der Waals surface area contributed by atoms with Gasteiger partial charge in [-0.05, 0) is 50.1 Å². The summed E-state index contributed by atoms with van der Waals surface area (Å²) in [4.78, 5) is 12.1. The molecule has 2 aromatic carbocycles. The van der Waals surface area contributed by atoms with Gasteiger partial charge in [-0.15, -0.1) is 0 Å². The summed E-state index contributed by atoms with van der Waals surface area (Å²) < 4.78 is 17.1. The van der Waals surface area contributed by atoms with E-state index in [1.165, 1.54) is 6.07 Å². The summed E-state index contributed by atoms with van der Waals surface area (Å²) in [5.41, 5.74) is 3.66. The number of para-hydroxylation sites is 1. The monoisotopic (exact) mass is 334 g/mol. The Bertz CT molecular complexity index is 1150. The fraction of sp³-hybridized carbons (Fsp3) is 0.190. The first kappa shape index (κ1) is 15.5. The van der Waals surface area contributed by atoms with Gasteiger partial charge in [0.2, 0.25) is 0 Å². The van der Waals surface area contributed by atoms with Crippen molar-refractivity contribution in [2.45, 2.75) is 20.8 Å². The molecule has 0 aliphatic rings. The molecule has 0 fully saturated rings. The Kier molecular flexibility index (Phi) is 3.61. The first-order valence-corrected chi connectivity index (χ1v) is 8.27. The molecule has 0 aliphatic carbocycles. The number of benzene rings is 2. The maximum Gasteiger partial charge on any atom is 0.336 e. The highest BCUT2D eigenvalue weighted by molar-refractivity contribution is 5.97. The van der Waals surface area contributed by atoms with Crippen LogP contribution in [0.2, 0.25) is 0 Å². The van der Waals surface area contributed by atoms with E-state index in [-0.39, 0.29) is 5.63 Å². The van der Waals surface area contributed by atoms with E-state index in [0.717, 1.165) is 27.5 Å². The summed E-state index contributed by atoms with van der Waals surface area (Å²) in [6.45, 7) is 6.45. The van der Waals surface area contributed by atoms with Crippen molar-refractivity contribution >= 4 is 21.9 Å². The molecule has 0 amide bonds. The zero-order valence-corrected chi connectivity index (χ0v) is 14.4. The molecule has 0 unspecified atom stereocenters. The maximum atomic E-state index is 12.1. The van der Waals surface area contributed by atoms with Crippen LogP contribution in [0.5, 0.6) is 5.75 Å². The van der Waals surface area contributed by atoms with Crippen LogP contribution in [0.3, 0.4) is 0 Å². The molecule has 0 saturated heterocycles. The number of rotatable bonds is 3. The standard InChI is InChI=1S/C21H18O4/c1-4-23-17-7-5-6-14-10-18(24-21(14)17)15-11-19(22)25-20-13(3)8-12(2)9-16(15)20/h5-11H,4H2,1-3H3. The van der Waals surface area contributed by atoms with Gasteiger partial charge in [-0.25, -0.2) is 4.79 Å². The molecular weight excluding hydrogens is 316 g/mol. The number of fused-ring (bicyclic) bond motifs is 2. The fourth-order valence-electron chi connectivity index (χ4n) is 3.26. The smallest absolute Gasteiger partial charge is 0.336 e. The van der Waals surface area contributed by atoms with Crippen LogP contribution in [0, 0.1) is 13.8 Å². The van der Waals surface area contributed by atoms with Crippen LogP contribution in [0.25, 0.3) is 33.3 Å². The molecule has 0 N–H and O–H groups in total. The fourth-order valence-corrected chi connectivity index (χ4v) is 3.26. The van der Waals surface area contributed by atoms with E-state index in [2.05, 4.69) is 0 Å². The van der Waals surface area contributed by atoms with Crippen LogP contribution in [0.4, 0.5) is 0 Å². The maximum absolute atomic E-state index is 12.1. The van der Waals surface area contributed by atoms with Crippen molar-refractivity contribution in [3.05, 3.63) is 64.0 Å². The third-order valence-electron chi connectivity index (χ3n) is 4.25. The first-order valence-electron chi connectivity index (χ1n) is 8.27. The minimum absolute atomic E-state index is 0.389. The molecule has 0 aliphatic heterocycles. The average Bonchev–Trinajstić information content (AvgIpc) is 3.00. The summed E-state index contributed by atoms with van der Waals surface area (Å²) in [7, 11) is 0. The van der Waals surface area contributed by atoms with Gasteiger partial charge in [0.05, 0.1) is 6.61 Å². The topological polar surface area (TPSA) is 52.6 Å². The van der Waals surface area contributed by atoms with Crippen molar-refractivity contribution in [3.8, 4) is 17.1 Å². The Labute approximate surface area is 144 Å². The van der Waals surface area contributed by atoms with Crippen LogP contribution < -0.4 is 10.4 Å². The molecule has 4 aromatic rings. The lowest BCUT2D eigenvalue weighted by molar-refractivity contribution is 0.339. The Morgan fingerprint density at radius 2 is 1.84 bits per heavy atom. The van der Waals surface area contributed by atoms with Crippen molar-refractivity contribution in [1.82, 2.24) is 0 Å². The highest BCUT2D eigenvalue weighted by Crippen LogP contribution is 2.36. The lowest BCUT2D eigenvalue weighted by atomic mass is 10.0. The molecule has 25 heavy (non-hydrogen) atoms. The largest absolute Gasteiger partial charge is 0.490 e. The van der Waals surface area contributed by atoms with Gasteiger partial charge in [0, 0.05) is 22.4 Å². The first-order chi connectivity index (χ1) is 12.1. The lowest BCUT2D eigenvalue weighted by Crippen LogP contribution is -1.99. The van der Waals surface area contributed by atoms with Crippen molar-refractivity contribution in [1.29, 1.82) is 0 Å². The highest BCUT2D eigenvalue weighted by Gasteiger charge is 2.16. The number of hydrogen-bond acceptors (Lipinski definition) is 4. The molecule has 0 atom stereocenters. The molecule has 2 aromatic heterocycles. The molecule has 4 nitrogen and oxygen atoms in total. The van der Waals surface area contributed by atoms with Gasteiger partial charge < -0.3 is 13.6 Å². The second-order valence-corrected chi connectivity index (χ2v) is 6.16. The summed E-state index contributed by atoms with van der Waals surface area (Å²) in [5.74, 6) is 1.33. The second kappa shape index (κ2) is 5.81. The molecule has 0 bridgehead atoms. The predicted molar refractivity (Wildman–Crippen MR) is 98.3 cm³/mol. The summed E-state index contributed by atoms with van der Waals surface area (Å²) in [6, 6.07) is 13.2. The van der Waals surface area contributed by atoms with Gasteiger partial charge in [-0.3, -0.25) is 0 Å². The normalized spacial score (nSPS) is 11.3. The number of hydrogen-bond donors (Lipinski definition) is 0. The molecule has 126 valence electrons. The zero-order chi connectivity index (χ0) is 17.6. The van der Waals surface area contributed by atoms with Crippen LogP contribution in [-0.4, -0.2) is 6.61 Å². The van der Waals surface area contributed by atoms with E-state index in [4.69, 9.17) is 13.6 Å². The van der Waals surface area contributed by atoms with Crippen molar-refractivity contribution in [3.63, 3.8) is 0 Å². The van der Waals surface area contributed by atoms with E-state index >= 15 is 0 Å². The average molecular weight is 334 g/mol. The van der Waals surface area contributed by atoms with Crippen LogP contribution in [-0.2, 0) is 0 Å². The van der Waals surface area contributed by atoms with E-state index in [9.17, 15) is 4.79 Å². The van der Waals surface area contributed by atoms with Crippen LogP contribution in [0.15, 0.2) is 56.1 Å². The molecule has 4 rings (SSSR count). The molecule has 2 heterocycles. The Balaban J connectivity index is 2.03. The summed E-state index contributed by atoms with van der Waals surface area (Å²) >= 11 is 0. The van der Waals surface area contributed by atoms with Gasteiger partial charge in [0.15, 0.2) is 11.3 Å².